The van der Waals surface area contributed by atoms with Crippen LogP contribution in [0.2, 0.25) is 5.02 Å². The van der Waals surface area contributed by atoms with Gasteiger partial charge in [0.25, 0.3) is 11.8 Å². The molecule has 144 valence electrons. The van der Waals surface area contributed by atoms with Gasteiger partial charge in [0.1, 0.15) is 6.04 Å². The van der Waals surface area contributed by atoms with Crippen molar-refractivity contribution in [1.82, 2.24) is 15.1 Å². The van der Waals surface area contributed by atoms with Crippen molar-refractivity contribution in [1.29, 1.82) is 0 Å². The topological polar surface area (TPSA) is 102 Å². The van der Waals surface area contributed by atoms with Gasteiger partial charge in [-0.25, -0.2) is 4.79 Å². The Kier molecular flexibility index (Phi) is 6.57. The number of amides is 2. The fraction of sp³-hybridized carbons (Fsp3) is 0.333. The van der Waals surface area contributed by atoms with Crippen LogP contribution in [0.4, 0.5) is 5.69 Å². The summed E-state index contributed by atoms with van der Waals surface area (Å²) in [6.07, 6.45) is 0. The third kappa shape index (κ3) is 5.30. The van der Waals surface area contributed by atoms with Crippen molar-refractivity contribution in [3.05, 3.63) is 46.2 Å². The number of nitrogens with one attached hydrogen (secondary N) is 2. The normalized spacial score (nSPS) is 11.6. The average molecular weight is 393 g/mol. The molecule has 0 aliphatic carbocycles. The minimum absolute atomic E-state index is 0.360. The number of rotatable bonds is 6. The predicted molar refractivity (Wildman–Crippen MR) is 101 cm³/mol. The lowest BCUT2D eigenvalue weighted by Crippen LogP contribution is -2.40. The molecule has 0 spiro atoms. The number of carbonyl (C=O) groups is 3. The molecular weight excluding hydrogens is 372 g/mol. The van der Waals surface area contributed by atoms with Crippen LogP contribution in [0.25, 0.3) is 0 Å². The first-order valence-electron chi connectivity index (χ1n) is 8.22. The Morgan fingerprint density at radius 1 is 1.22 bits per heavy atom. The number of ether oxygens (including phenoxy) is 1. The van der Waals surface area contributed by atoms with Crippen molar-refractivity contribution >= 4 is 35.1 Å². The molecule has 1 aromatic carbocycles. The highest BCUT2D eigenvalue weighted by Crippen LogP contribution is 2.18. The molecule has 0 radical (unpaired) electrons. The molecule has 0 saturated heterocycles. The van der Waals surface area contributed by atoms with Gasteiger partial charge in [-0.05, 0) is 45.0 Å². The maximum Gasteiger partial charge on any atom is 0.328 e. The van der Waals surface area contributed by atoms with Gasteiger partial charge in [-0.2, -0.15) is 5.10 Å². The number of hydrogen-bond acceptors (Lipinski definition) is 5. The van der Waals surface area contributed by atoms with E-state index in [1.165, 1.54) is 6.92 Å². The van der Waals surface area contributed by atoms with E-state index < -0.39 is 30.4 Å². The zero-order chi connectivity index (χ0) is 20.1. The second kappa shape index (κ2) is 8.68. The van der Waals surface area contributed by atoms with E-state index in [0.717, 1.165) is 5.69 Å². The summed E-state index contributed by atoms with van der Waals surface area (Å²) in [7, 11) is 1.77. The zero-order valence-electron chi connectivity index (χ0n) is 15.5. The standard InChI is InChI=1S/C18H21ClN4O4/c1-10-16(12(3)23(4)22-10)21-15(24)9-27-18(26)11(2)20-17(25)13-5-7-14(19)8-6-13/h5-8,11H,9H2,1-4H3,(H,20,25)(H,21,24)/t11-/m0/s1. The van der Waals surface area contributed by atoms with E-state index in [1.54, 1.807) is 42.9 Å². The Bertz CT molecular complexity index is 861. The number of aromatic nitrogens is 2. The van der Waals surface area contributed by atoms with E-state index in [9.17, 15) is 14.4 Å². The molecule has 27 heavy (non-hydrogen) atoms. The van der Waals surface area contributed by atoms with E-state index in [1.807, 2.05) is 6.92 Å². The Morgan fingerprint density at radius 3 is 2.41 bits per heavy atom. The van der Waals surface area contributed by atoms with E-state index in [0.29, 0.717) is 22.0 Å². The van der Waals surface area contributed by atoms with Gasteiger partial charge in [-0.1, -0.05) is 11.6 Å². The van der Waals surface area contributed by atoms with Crippen molar-refractivity contribution < 1.29 is 19.1 Å². The van der Waals surface area contributed by atoms with Gasteiger partial charge in [0.05, 0.1) is 17.1 Å². The largest absolute Gasteiger partial charge is 0.454 e. The summed E-state index contributed by atoms with van der Waals surface area (Å²) < 4.78 is 6.61. The summed E-state index contributed by atoms with van der Waals surface area (Å²) in [6.45, 7) is 4.59. The molecule has 2 N–H and O–H groups in total. The number of esters is 1. The van der Waals surface area contributed by atoms with Crippen molar-refractivity contribution in [3.8, 4) is 0 Å². The molecule has 1 atom stereocenters. The summed E-state index contributed by atoms with van der Waals surface area (Å²) >= 11 is 5.77. The van der Waals surface area contributed by atoms with Gasteiger partial charge < -0.3 is 15.4 Å². The monoisotopic (exact) mass is 392 g/mol. The molecule has 0 bridgehead atoms. The van der Waals surface area contributed by atoms with Gasteiger partial charge >= 0.3 is 5.97 Å². The fourth-order valence-electron chi connectivity index (χ4n) is 2.33. The number of halogens is 1. The van der Waals surface area contributed by atoms with E-state index in [4.69, 9.17) is 16.3 Å². The second-order valence-corrected chi connectivity index (χ2v) is 6.46. The Labute approximate surface area is 161 Å². The molecule has 9 heteroatoms. The number of benzene rings is 1. The van der Waals surface area contributed by atoms with Crippen molar-refractivity contribution in [2.24, 2.45) is 7.05 Å². The molecule has 8 nitrogen and oxygen atoms in total. The zero-order valence-corrected chi connectivity index (χ0v) is 16.3. The third-order valence-corrected chi connectivity index (χ3v) is 4.18. The molecular formula is C18H21ClN4O4. The highest BCUT2D eigenvalue weighted by Gasteiger charge is 2.20. The Morgan fingerprint density at radius 2 is 1.85 bits per heavy atom. The summed E-state index contributed by atoms with van der Waals surface area (Å²) in [5.41, 5.74) is 2.40. The van der Waals surface area contributed by atoms with Crippen LogP contribution >= 0.6 is 11.6 Å². The van der Waals surface area contributed by atoms with Crippen molar-refractivity contribution in [2.75, 3.05) is 11.9 Å². The predicted octanol–water partition coefficient (Wildman–Crippen LogP) is 1.99. The average Bonchev–Trinajstić information content (AvgIpc) is 2.86. The van der Waals surface area contributed by atoms with Crippen molar-refractivity contribution in [3.63, 3.8) is 0 Å². The number of aryl methyl sites for hydroxylation is 2. The third-order valence-electron chi connectivity index (χ3n) is 3.93. The van der Waals surface area contributed by atoms with E-state index in [2.05, 4.69) is 15.7 Å². The first kappa shape index (κ1) is 20.4. The molecule has 2 amide bonds. The second-order valence-electron chi connectivity index (χ2n) is 6.03. The Balaban J connectivity index is 1.84. The summed E-state index contributed by atoms with van der Waals surface area (Å²) in [6, 6.07) is 5.32. The van der Waals surface area contributed by atoms with Crippen LogP contribution in [0.15, 0.2) is 24.3 Å². The molecule has 1 aromatic heterocycles. The minimum atomic E-state index is -0.914. The van der Waals surface area contributed by atoms with Crippen LogP contribution in [-0.4, -0.2) is 40.2 Å². The van der Waals surface area contributed by atoms with Gasteiger partial charge in [-0.3, -0.25) is 14.3 Å². The van der Waals surface area contributed by atoms with E-state index in [-0.39, 0.29) is 0 Å². The summed E-state index contributed by atoms with van der Waals surface area (Å²) in [4.78, 5) is 36.1. The quantitative estimate of drug-likeness (QED) is 0.732. The molecule has 1 heterocycles. The van der Waals surface area contributed by atoms with Crippen LogP contribution in [0.5, 0.6) is 0 Å². The van der Waals surface area contributed by atoms with Crippen molar-refractivity contribution in [2.45, 2.75) is 26.8 Å². The van der Waals surface area contributed by atoms with Crippen LogP contribution in [0, 0.1) is 13.8 Å². The fourth-order valence-corrected chi connectivity index (χ4v) is 2.46. The molecule has 0 aliphatic heterocycles. The van der Waals surface area contributed by atoms with Gasteiger partial charge in [0, 0.05) is 17.6 Å². The molecule has 0 saturated carbocycles. The highest BCUT2D eigenvalue weighted by atomic mass is 35.5. The lowest BCUT2D eigenvalue weighted by atomic mass is 10.2. The first-order valence-corrected chi connectivity index (χ1v) is 8.60. The number of nitrogens with zero attached hydrogens (tertiary/aromatic N) is 2. The molecule has 0 fully saturated rings. The molecule has 2 aromatic rings. The molecule has 2 rings (SSSR count). The Hall–Kier alpha value is -2.87. The number of hydrogen-bond donors (Lipinski definition) is 2. The molecule has 0 unspecified atom stereocenters. The summed E-state index contributed by atoms with van der Waals surface area (Å²) in [5, 5.41) is 9.87. The number of anilines is 1. The summed E-state index contributed by atoms with van der Waals surface area (Å²) in [5.74, 6) is -1.65. The van der Waals surface area contributed by atoms with Crippen LogP contribution in [0.1, 0.15) is 28.7 Å². The highest BCUT2D eigenvalue weighted by molar-refractivity contribution is 6.30. The number of carbonyl (C=O) groups excluding carboxylic acids is 3. The minimum Gasteiger partial charge on any atom is -0.454 e. The van der Waals surface area contributed by atoms with Gasteiger partial charge in [0.2, 0.25) is 0 Å². The smallest absolute Gasteiger partial charge is 0.328 e. The van der Waals surface area contributed by atoms with Gasteiger partial charge in [-0.15, -0.1) is 0 Å². The lowest BCUT2D eigenvalue weighted by Gasteiger charge is -2.13. The maximum atomic E-state index is 12.1. The van der Waals surface area contributed by atoms with Crippen LogP contribution < -0.4 is 10.6 Å². The van der Waals surface area contributed by atoms with Gasteiger partial charge in [0.15, 0.2) is 6.61 Å². The first-order chi connectivity index (χ1) is 12.7. The van der Waals surface area contributed by atoms with Crippen LogP contribution in [0.3, 0.4) is 0 Å². The van der Waals surface area contributed by atoms with Crippen LogP contribution in [-0.2, 0) is 21.4 Å². The lowest BCUT2D eigenvalue weighted by molar-refractivity contribution is -0.148. The van der Waals surface area contributed by atoms with E-state index >= 15 is 0 Å². The SMILES string of the molecule is Cc1nn(C)c(C)c1NC(=O)COC(=O)[C@H](C)NC(=O)c1ccc(Cl)cc1. The maximum absolute atomic E-state index is 12.1. The molecule has 0 aliphatic rings.